The normalized spacial score (nSPS) is 18.4. The van der Waals surface area contributed by atoms with Crippen molar-refractivity contribution in [2.75, 3.05) is 0 Å². The molecule has 1 heterocycles. The first-order valence-corrected chi connectivity index (χ1v) is 7.59. The van der Waals surface area contributed by atoms with E-state index in [0.29, 0.717) is 5.92 Å². The van der Waals surface area contributed by atoms with Crippen LogP contribution in [0.15, 0.2) is 24.3 Å². The number of nitrogens with zero attached hydrogens (tertiary/aromatic N) is 2. The van der Waals surface area contributed by atoms with E-state index >= 15 is 0 Å². The SMILES string of the molecule is CC(C)c1nn(-c2cccc(Cl)c2)c2c1C(N)CCC2. The smallest absolute Gasteiger partial charge is 0.0705 e. The van der Waals surface area contributed by atoms with Crippen molar-refractivity contribution in [3.05, 3.63) is 46.2 Å². The fourth-order valence-corrected chi connectivity index (χ4v) is 3.19. The minimum Gasteiger partial charge on any atom is -0.324 e. The van der Waals surface area contributed by atoms with E-state index in [1.54, 1.807) is 0 Å². The second kappa shape index (κ2) is 5.23. The Morgan fingerprint density at radius 1 is 1.40 bits per heavy atom. The number of hydrogen-bond donors (Lipinski definition) is 1. The lowest BCUT2D eigenvalue weighted by atomic mass is 9.89. The summed E-state index contributed by atoms with van der Waals surface area (Å²) >= 11 is 6.11. The molecule has 1 aliphatic rings. The van der Waals surface area contributed by atoms with Gasteiger partial charge in [-0.3, -0.25) is 0 Å². The number of fused-ring (bicyclic) bond motifs is 1. The summed E-state index contributed by atoms with van der Waals surface area (Å²) in [5, 5.41) is 5.57. The van der Waals surface area contributed by atoms with Crippen molar-refractivity contribution < 1.29 is 0 Å². The van der Waals surface area contributed by atoms with Gasteiger partial charge >= 0.3 is 0 Å². The highest BCUT2D eigenvalue weighted by molar-refractivity contribution is 6.30. The van der Waals surface area contributed by atoms with Gasteiger partial charge in [-0.15, -0.1) is 0 Å². The predicted octanol–water partition coefficient (Wildman–Crippen LogP) is 3.99. The molecule has 1 unspecified atom stereocenters. The first kappa shape index (κ1) is 13.7. The number of halogens is 1. The summed E-state index contributed by atoms with van der Waals surface area (Å²) < 4.78 is 2.04. The van der Waals surface area contributed by atoms with Crippen molar-refractivity contribution >= 4 is 11.6 Å². The maximum absolute atomic E-state index is 6.33. The average molecular weight is 290 g/mol. The third kappa shape index (κ3) is 2.25. The molecule has 0 aliphatic heterocycles. The topological polar surface area (TPSA) is 43.8 Å². The molecule has 106 valence electrons. The Bertz CT molecular complexity index is 631. The quantitative estimate of drug-likeness (QED) is 0.908. The van der Waals surface area contributed by atoms with Crippen LogP contribution < -0.4 is 5.73 Å². The number of benzene rings is 1. The summed E-state index contributed by atoms with van der Waals surface area (Å²) in [6, 6.07) is 7.96. The van der Waals surface area contributed by atoms with E-state index in [4.69, 9.17) is 22.4 Å². The maximum Gasteiger partial charge on any atom is 0.0705 e. The van der Waals surface area contributed by atoms with Crippen LogP contribution >= 0.6 is 11.6 Å². The lowest BCUT2D eigenvalue weighted by Crippen LogP contribution is -2.19. The van der Waals surface area contributed by atoms with E-state index in [0.717, 1.165) is 35.7 Å². The third-order valence-corrected chi connectivity index (χ3v) is 4.18. The highest BCUT2D eigenvalue weighted by atomic mass is 35.5. The summed E-state index contributed by atoms with van der Waals surface area (Å²) in [6.07, 6.45) is 3.21. The van der Waals surface area contributed by atoms with E-state index in [1.165, 1.54) is 11.3 Å². The van der Waals surface area contributed by atoms with Crippen LogP contribution in [0.3, 0.4) is 0 Å². The molecular formula is C16H20ClN3. The first-order valence-electron chi connectivity index (χ1n) is 7.21. The number of nitrogens with two attached hydrogens (primary N) is 1. The van der Waals surface area contributed by atoms with E-state index < -0.39 is 0 Å². The highest BCUT2D eigenvalue weighted by Gasteiger charge is 2.27. The molecular weight excluding hydrogens is 270 g/mol. The maximum atomic E-state index is 6.33. The van der Waals surface area contributed by atoms with Crippen molar-refractivity contribution in [1.29, 1.82) is 0 Å². The Morgan fingerprint density at radius 2 is 2.20 bits per heavy atom. The monoisotopic (exact) mass is 289 g/mol. The van der Waals surface area contributed by atoms with Gasteiger partial charge in [0.15, 0.2) is 0 Å². The fourth-order valence-electron chi connectivity index (χ4n) is 3.01. The van der Waals surface area contributed by atoms with E-state index in [9.17, 15) is 0 Å². The van der Waals surface area contributed by atoms with Crippen LogP contribution in [0, 0.1) is 0 Å². The molecule has 4 heteroatoms. The number of hydrogen-bond acceptors (Lipinski definition) is 2. The van der Waals surface area contributed by atoms with Crippen molar-refractivity contribution in [2.24, 2.45) is 5.73 Å². The van der Waals surface area contributed by atoms with Crippen molar-refractivity contribution in [1.82, 2.24) is 9.78 Å². The zero-order valence-corrected chi connectivity index (χ0v) is 12.7. The number of rotatable bonds is 2. The molecule has 1 aromatic carbocycles. The predicted molar refractivity (Wildman–Crippen MR) is 82.5 cm³/mol. The average Bonchev–Trinajstić information content (AvgIpc) is 2.80. The van der Waals surface area contributed by atoms with Gasteiger partial charge < -0.3 is 5.73 Å². The van der Waals surface area contributed by atoms with Gasteiger partial charge in [0.2, 0.25) is 0 Å². The summed E-state index contributed by atoms with van der Waals surface area (Å²) in [7, 11) is 0. The Labute approximate surface area is 124 Å². The van der Waals surface area contributed by atoms with Crippen LogP contribution in [0.2, 0.25) is 5.02 Å². The standard InChI is InChI=1S/C16H20ClN3/c1-10(2)16-15-13(18)7-4-8-14(15)20(19-16)12-6-3-5-11(17)9-12/h3,5-6,9-10,13H,4,7-8,18H2,1-2H3. The summed E-state index contributed by atoms with van der Waals surface area (Å²) in [5.74, 6) is 0.383. The molecule has 2 N–H and O–H groups in total. The lowest BCUT2D eigenvalue weighted by molar-refractivity contribution is 0.554. The van der Waals surface area contributed by atoms with E-state index in [-0.39, 0.29) is 6.04 Å². The Morgan fingerprint density at radius 3 is 2.90 bits per heavy atom. The molecule has 20 heavy (non-hydrogen) atoms. The van der Waals surface area contributed by atoms with E-state index in [2.05, 4.69) is 13.8 Å². The molecule has 1 aliphatic carbocycles. The van der Waals surface area contributed by atoms with E-state index in [1.807, 2.05) is 28.9 Å². The number of aromatic nitrogens is 2. The largest absolute Gasteiger partial charge is 0.324 e. The molecule has 0 saturated carbocycles. The molecule has 0 bridgehead atoms. The van der Waals surface area contributed by atoms with Crippen LogP contribution in [0.5, 0.6) is 0 Å². The molecule has 0 radical (unpaired) electrons. The lowest BCUT2D eigenvalue weighted by Gasteiger charge is -2.21. The molecule has 1 aromatic heterocycles. The third-order valence-electron chi connectivity index (χ3n) is 3.95. The fraction of sp³-hybridized carbons (Fsp3) is 0.438. The molecule has 0 spiro atoms. The van der Waals surface area contributed by atoms with Gasteiger partial charge in [-0.1, -0.05) is 31.5 Å². The molecule has 2 aromatic rings. The first-order chi connectivity index (χ1) is 9.58. The summed E-state index contributed by atoms with van der Waals surface area (Å²) in [5.41, 5.74) is 11.0. The van der Waals surface area contributed by atoms with Crippen LogP contribution in [-0.4, -0.2) is 9.78 Å². The molecule has 0 saturated heterocycles. The second-order valence-corrected chi connectivity index (χ2v) is 6.23. The van der Waals surface area contributed by atoms with Gasteiger partial charge in [0, 0.05) is 22.3 Å². The van der Waals surface area contributed by atoms with Gasteiger partial charge in [-0.2, -0.15) is 5.10 Å². The highest BCUT2D eigenvalue weighted by Crippen LogP contribution is 2.35. The zero-order chi connectivity index (χ0) is 14.3. The minimum atomic E-state index is 0.115. The van der Waals surface area contributed by atoms with Gasteiger partial charge in [-0.05, 0) is 43.4 Å². The van der Waals surface area contributed by atoms with Gasteiger partial charge in [0.1, 0.15) is 0 Å². The van der Waals surface area contributed by atoms with Gasteiger partial charge in [-0.25, -0.2) is 4.68 Å². The minimum absolute atomic E-state index is 0.115. The van der Waals surface area contributed by atoms with Crippen molar-refractivity contribution in [2.45, 2.75) is 45.1 Å². The van der Waals surface area contributed by atoms with Crippen LogP contribution in [0.25, 0.3) is 5.69 Å². The van der Waals surface area contributed by atoms with Gasteiger partial charge in [0.25, 0.3) is 0 Å². The van der Waals surface area contributed by atoms with Crippen LogP contribution in [0.1, 0.15) is 55.6 Å². The van der Waals surface area contributed by atoms with Crippen LogP contribution in [-0.2, 0) is 6.42 Å². The summed E-state index contributed by atoms with van der Waals surface area (Å²) in [4.78, 5) is 0. The Balaban J connectivity index is 2.19. The molecule has 0 fully saturated rings. The molecule has 3 nitrogen and oxygen atoms in total. The molecule has 0 amide bonds. The van der Waals surface area contributed by atoms with Crippen molar-refractivity contribution in [3.8, 4) is 5.69 Å². The van der Waals surface area contributed by atoms with Crippen LogP contribution in [0.4, 0.5) is 0 Å². The van der Waals surface area contributed by atoms with Crippen molar-refractivity contribution in [3.63, 3.8) is 0 Å². The molecule has 3 rings (SSSR count). The zero-order valence-electron chi connectivity index (χ0n) is 11.9. The Hall–Kier alpha value is -1.32. The summed E-state index contributed by atoms with van der Waals surface area (Å²) in [6.45, 7) is 4.35. The molecule has 1 atom stereocenters. The Kier molecular flexibility index (Phi) is 3.57. The van der Waals surface area contributed by atoms with Gasteiger partial charge in [0.05, 0.1) is 11.4 Å². The second-order valence-electron chi connectivity index (χ2n) is 5.79.